The summed E-state index contributed by atoms with van der Waals surface area (Å²) < 4.78 is 0. The molecular formula is C8H19N3O. The van der Waals surface area contributed by atoms with Gasteiger partial charge < -0.3 is 16.8 Å². The molecule has 0 aliphatic heterocycles. The maximum atomic E-state index is 10.9. The standard InChI is InChI=1S/C8H19N3O/c1-7(10)8(12)11-6-4-2-3-5-9/h7H,2-6,9-10H2,1H3,(H,11,12). The molecule has 72 valence electrons. The van der Waals surface area contributed by atoms with Crippen molar-refractivity contribution in [3.05, 3.63) is 0 Å². The van der Waals surface area contributed by atoms with Crippen LogP contribution in [0.2, 0.25) is 0 Å². The average Bonchev–Trinajstić information content (AvgIpc) is 2.03. The minimum Gasteiger partial charge on any atom is -0.355 e. The molecule has 0 aromatic carbocycles. The molecular weight excluding hydrogens is 154 g/mol. The highest BCUT2D eigenvalue weighted by Crippen LogP contribution is 1.90. The van der Waals surface area contributed by atoms with Crippen molar-refractivity contribution < 1.29 is 4.79 Å². The predicted molar refractivity (Wildman–Crippen MR) is 49.6 cm³/mol. The van der Waals surface area contributed by atoms with Crippen molar-refractivity contribution in [2.45, 2.75) is 32.2 Å². The highest BCUT2D eigenvalue weighted by Gasteiger charge is 2.04. The summed E-state index contributed by atoms with van der Waals surface area (Å²) in [7, 11) is 0. The molecule has 0 aromatic heterocycles. The Morgan fingerprint density at radius 3 is 2.58 bits per heavy atom. The van der Waals surface area contributed by atoms with Crippen molar-refractivity contribution in [2.75, 3.05) is 13.1 Å². The lowest BCUT2D eigenvalue weighted by atomic mass is 10.2. The quantitative estimate of drug-likeness (QED) is 0.477. The van der Waals surface area contributed by atoms with Crippen LogP contribution in [0, 0.1) is 0 Å². The van der Waals surface area contributed by atoms with Gasteiger partial charge in [-0.25, -0.2) is 0 Å². The summed E-state index contributed by atoms with van der Waals surface area (Å²) in [6.07, 6.45) is 3.07. The molecule has 5 N–H and O–H groups in total. The minimum atomic E-state index is -0.403. The fourth-order valence-corrected chi connectivity index (χ4v) is 0.819. The maximum Gasteiger partial charge on any atom is 0.236 e. The molecule has 4 heteroatoms. The Hall–Kier alpha value is -0.610. The Morgan fingerprint density at radius 1 is 1.42 bits per heavy atom. The molecule has 0 bridgehead atoms. The molecule has 1 amide bonds. The molecule has 12 heavy (non-hydrogen) atoms. The molecule has 0 fully saturated rings. The van der Waals surface area contributed by atoms with Crippen LogP contribution in [0.4, 0.5) is 0 Å². The zero-order valence-electron chi connectivity index (χ0n) is 7.68. The van der Waals surface area contributed by atoms with Gasteiger partial charge in [-0.15, -0.1) is 0 Å². The number of carbonyl (C=O) groups excluding carboxylic acids is 1. The number of nitrogens with one attached hydrogen (secondary N) is 1. The van der Waals surface area contributed by atoms with Crippen LogP contribution in [0.15, 0.2) is 0 Å². The molecule has 0 aliphatic carbocycles. The van der Waals surface area contributed by atoms with Crippen molar-refractivity contribution >= 4 is 5.91 Å². The summed E-state index contributed by atoms with van der Waals surface area (Å²) in [5, 5.41) is 2.74. The summed E-state index contributed by atoms with van der Waals surface area (Å²) in [5.41, 5.74) is 10.7. The van der Waals surface area contributed by atoms with Gasteiger partial charge in [0.2, 0.25) is 5.91 Å². The van der Waals surface area contributed by atoms with Gasteiger partial charge in [0.1, 0.15) is 0 Å². The smallest absolute Gasteiger partial charge is 0.236 e. The fraction of sp³-hybridized carbons (Fsp3) is 0.875. The summed E-state index contributed by atoms with van der Waals surface area (Å²) >= 11 is 0. The first-order chi connectivity index (χ1) is 5.68. The van der Waals surface area contributed by atoms with E-state index < -0.39 is 6.04 Å². The Labute approximate surface area is 73.7 Å². The van der Waals surface area contributed by atoms with E-state index in [2.05, 4.69) is 5.32 Å². The van der Waals surface area contributed by atoms with E-state index >= 15 is 0 Å². The van der Waals surface area contributed by atoms with Crippen LogP contribution in [0.5, 0.6) is 0 Å². The first kappa shape index (κ1) is 11.4. The third kappa shape index (κ3) is 6.12. The third-order valence-electron chi connectivity index (χ3n) is 1.59. The van der Waals surface area contributed by atoms with Crippen LogP contribution in [-0.4, -0.2) is 25.0 Å². The van der Waals surface area contributed by atoms with Gasteiger partial charge in [-0.05, 0) is 26.3 Å². The molecule has 4 nitrogen and oxygen atoms in total. The van der Waals surface area contributed by atoms with Gasteiger partial charge in [-0.3, -0.25) is 4.79 Å². The van der Waals surface area contributed by atoms with Crippen molar-refractivity contribution in [1.29, 1.82) is 0 Å². The Bertz CT molecular complexity index is 125. The zero-order valence-corrected chi connectivity index (χ0v) is 7.68. The fourth-order valence-electron chi connectivity index (χ4n) is 0.819. The van der Waals surface area contributed by atoms with E-state index in [1.54, 1.807) is 6.92 Å². The second-order valence-electron chi connectivity index (χ2n) is 2.93. The topological polar surface area (TPSA) is 81.1 Å². The summed E-state index contributed by atoms with van der Waals surface area (Å²) in [5.74, 6) is -0.0808. The molecule has 0 aromatic rings. The monoisotopic (exact) mass is 173 g/mol. The van der Waals surface area contributed by atoms with Crippen LogP contribution in [0.3, 0.4) is 0 Å². The second kappa shape index (κ2) is 7.06. The Kier molecular flexibility index (Phi) is 6.70. The number of carbonyl (C=O) groups is 1. The first-order valence-corrected chi connectivity index (χ1v) is 4.42. The number of amides is 1. The van der Waals surface area contributed by atoms with E-state index in [0.717, 1.165) is 25.8 Å². The number of unbranched alkanes of at least 4 members (excludes halogenated alkanes) is 2. The Morgan fingerprint density at radius 2 is 2.08 bits per heavy atom. The van der Waals surface area contributed by atoms with Gasteiger partial charge in [-0.1, -0.05) is 6.42 Å². The van der Waals surface area contributed by atoms with Gasteiger partial charge >= 0.3 is 0 Å². The zero-order chi connectivity index (χ0) is 9.40. The highest BCUT2D eigenvalue weighted by atomic mass is 16.2. The van der Waals surface area contributed by atoms with Gasteiger partial charge in [-0.2, -0.15) is 0 Å². The second-order valence-corrected chi connectivity index (χ2v) is 2.93. The summed E-state index contributed by atoms with van der Waals surface area (Å²) in [4.78, 5) is 10.9. The lowest BCUT2D eigenvalue weighted by molar-refractivity contribution is -0.121. The summed E-state index contributed by atoms with van der Waals surface area (Å²) in [6.45, 7) is 3.11. The van der Waals surface area contributed by atoms with E-state index in [4.69, 9.17) is 11.5 Å². The van der Waals surface area contributed by atoms with Crippen molar-refractivity contribution in [3.63, 3.8) is 0 Å². The highest BCUT2D eigenvalue weighted by molar-refractivity contribution is 5.80. The van der Waals surface area contributed by atoms with Gasteiger partial charge in [0.15, 0.2) is 0 Å². The minimum absolute atomic E-state index is 0.0808. The van der Waals surface area contributed by atoms with Gasteiger partial charge in [0.25, 0.3) is 0 Å². The molecule has 0 aliphatic rings. The molecule has 0 spiro atoms. The molecule has 1 atom stereocenters. The van der Waals surface area contributed by atoms with Crippen LogP contribution >= 0.6 is 0 Å². The normalized spacial score (nSPS) is 12.6. The molecule has 0 saturated carbocycles. The SMILES string of the molecule is CC(N)C(=O)NCCCCCN. The van der Waals surface area contributed by atoms with E-state index in [1.807, 2.05) is 0 Å². The Balaban J connectivity index is 3.14. The number of nitrogens with two attached hydrogens (primary N) is 2. The number of rotatable bonds is 6. The van der Waals surface area contributed by atoms with Crippen LogP contribution in [0.25, 0.3) is 0 Å². The van der Waals surface area contributed by atoms with Crippen molar-refractivity contribution in [2.24, 2.45) is 11.5 Å². The largest absolute Gasteiger partial charge is 0.355 e. The number of hydrogen-bond acceptors (Lipinski definition) is 3. The average molecular weight is 173 g/mol. The first-order valence-electron chi connectivity index (χ1n) is 4.42. The maximum absolute atomic E-state index is 10.9. The third-order valence-corrected chi connectivity index (χ3v) is 1.59. The van der Waals surface area contributed by atoms with E-state index in [-0.39, 0.29) is 5.91 Å². The van der Waals surface area contributed by atoms with Gasteiger partial charge in [0, 0.05) is 6.54 Å². The van der Waals surface area contributed by atoms with Crippen LogP contribution in [0.1, 0.15) is 26.2 Å². The number of hydrogen-bond donors (Lipinski definition) is 3. The van der Waals surface area contributed by atoms with E-state index in [1.165, 1.54) is 0 Å². The van der Waals surface area contributed by atoms with Crippen molar-refractivity contribution in [3.8, 4) is 0 Å². The van der Waals surface area contributed by atoms with Crippen molar-refractivity contribution in [1.82, 2.24) is 5.32 Å². The molecule has 0 radical (unpaired) electrons. The van der Waals surface area contributed by atoms with Crippen LogP contribution in [-0.2, 0) is 4.79 Å². The summed E-state index contributed by atoms with van der Waals surface area (Å²) in [6, 6.07) is -0.403. The van der Waals surface area contributed by atoms with Crippen LogP contribution < -0.4 is 16.8 Å². The lowest BCUT2D eigenvalue weighted by Crippen LogP contribution is -2.38. The molecule has 1 unspecified atom stereocenters. The van der Waals surface area contributed by atoms with E-state index in [9.17, 15) is 4.79 Å². The van der Waals surface area contributed by atoms with E-state index in [0.29, 0.717) is 6.54 Å². The lowest BCUT2D eigenvalue weighted by Gasteiger charge is -2.06. The molecule has 0 saturated heterocycles. The molecule has 0 rings (SSSR count). The molecule has 0 heterocycles. The van der Waals surface area contributed by atoms with Gasteiger partial charge in [0.05, 0.1) is 6.04 Å². The predicted octanol–water partition coefficient (Wildman–Crippen LogP) is -0.421.